The molecule has 0 aliphatic rings. The molecule has 4 nitrogen and oxygen atoms in total. The van der Waals surface area contributed by atoms with Crippen LogP contribution in [0.1, 0.15) is 5.82 Å². The van der Waals surface area contributed by atoms with E-state index in [1.54, 1.807) is 24.3 Å². The van der Waals surface area contributed by atoms with Gasteiger partial charge in [-0.25, -0.2) is 0 Å². The van der Waals surface area contributed by atoms with Gasteiger partial charge in [0.1, 0.15) is 11.4 Å². The minimum atomic E-state index is -0.435. The van der Waals surface area contributed by atoms with Gasteiger partial charge in [0.15, 0.2) is 0 Å². The third-order valence-corrected chi connectivity index (χ3v) is 2.71. The molecule has 0 aliphatic carbocycles. The number of rotatable bonds is 2. The maximum Gasteiger partial charge on any atom is 0.262 e. The lowest BCUT2D eigenvalue weighted by molar-refractivity contribution is 0.451. The third kappa shape index (κ3) is 2.43. The van der Waals surface area contributed by atoms with Gasteiger partial charge in [0.2, 0.25) is 5.88 Å². The highest BCUT2D eigenvalue weighted by atomic mass is 35.5. The number of halogens is 2. The summed E-state index contributed by atoms with van der Waals surface area (Å²) in [5.74, 6) is -0.0810. The lowest BCUT2D eigenvalue weighted by Gasteiger charge is -2.04. The highest BCUT2D eigenvalue weighted by molar-refractivity contribution is 6.30. The van der Waals surface area contributed by atoms with Crippen molar-refractivity contribution in [3.05, 3.63) is 45.5 Å². The number of hydrogen-bond donors (Lipinski definition) is 2. The summed E-state index contributed by atoms with van der Waals surface area (Å²) in [7, 11) is 0. The van der Waals surface area contributed by atoms with Crippen molar-refractivity contribution in [3.63, 3.8) is 0 Å². The number of nitrogens with one attached hydrogen (secondary N) is 1. The molecule has 1 aromatic carbocycles. The quantitative estimate of drug-likeness (QED) is 0.825. The first-order valence-corrected chi connectivity index (χ1v) is 5.67. The van der Waals surface area contributed by atoms with Crippen molar-refractivity contribution in [1.82, 2.24) is 9.97 Å². The molecular formula is C11H8Cl2N2O2. The molecule has 0 spiro atoms. The molecule has 0 saturated carbocycles. The fraction of sp³-hybridized carbons (Fsp3) is 0.0909. The number of aromatic nitrogens is 2. The van der Waals surface area contributed by atoms with Gasteiger partial charge in [0.25, 0.3) is 5.56 Å². The van der Waals surface area contributed by atoms with Crippen molar-refractivity contribution >= 4 is 23.2 Å². The first-order valence-electron chi connectivity index (χ1n) is 4.76. The normalized spacial score (nSPS) is 10.5. The zero-order chi connectivity index (χ0) is 12.4. The molecule has 0 saturated heterocycles. The Kier molecular flexibility index (Phi) is 3.36. The van der Waals surface area contributed by atoms with E-state index in [2.05, 4.69) is 9.97 Å². The fourth-order valence-electron chi connectivity index (χ4n) is 1.45. The summed E-state index contributed by atoms with van der Waals surface area (Å²) in [5.41, 5.74) is 0.216. The highest BCUT2D eigenvalue weighted by Crippen LogP contribution is 2.24. The number of nitrogens with zero attached hydrogens (tertiary/aromatic N) is 1. The smallest absolute Gasteiger partial charge is 0.262 e. The monoisotopic (exact) mass is 270 g/mol. The van der Waals surface area contributed by atoms with Crippen LogP contribution in [-0.2, 0) is 5.88 Å². The van der Waals surface area contributed by atoms with E-state index in [-0.39, 0.29) is 23.1 Å². The summed E-state index contributed by atoms with van der Waals surface area (Å²) in [4.78, 5) is 18.0. The fourth-order valence-corrected chi connectivity index (χ4v) is 1.70. The maximum absolute atomic E-state index is 11.8. The first kappa shape index (κ1) is 12.0. The molecule has 0 radical (unpaired) electrons. The van der Waals surface area contributed by atoms with E-state index in [0.29, 0.717) is 10.6 Å². The largest absolute Gasteiger partial charge is 0.493 e. The van der Waals surface area contributed by atoms with Crippen LogP contribution in [0.3, 0.4) is 0 Å². The molecule has 1 aromatic heterocycles. The summed E-state index contributed by atoms with van der Waals surface area (Å²) >= 11 is 11.3. The molecule has 17 heavy (non-hydrogen) atoms. The molecule has 88 valence electrons. The second kappa shape index (κ2) is 4.77. The average molecular weight is 271 g/mol. The Balaban J connectivity index is 2.60. The average Bonchev–Trinajstić information content (AvgIpc) is 2.30. The molecule has 0 atom stereocenters. The van der Waals surface area contributed by atoms with Crippen LogP contribution in [0.2, 0.25) is 5.02 Å². The van der Waals surface area contributed by atoms with Crippen molar-refractivity contribution < 1.29 is 5.11 Å². The van der Waals surface area contributed by atoms with E-state index in [1.165, 1.54) is 0 Å². The zero-order valence-electron chi connectivity index (χ0n) is 8.58. The van der Waals surface area contributed by atoms with Crippen LogP contribution in [0, 0.1) is 0 Å². The van der Waals surface area contributed by atoms with E-state index < -0.39 is 5.56 Å². The predicted molar refractivity (Wildman–Crippen MR) is 66.5 cm³/mol. The van der Waals surface area contributed by atoms with Gasteiger partial charge in [-0.3, -0.25) is 4.79 Å². The van der Waals surface area contributed by atoms with Crippen molar-refractivity contribution in [2.75, 3.05) is 0 Å². The molecule has 1 heterocycles. The number of benzene rings is 1. The van der Waals surface area contributed by atoms with E-state index in [1.807, 2.05) is 0 Å². The molecule has 2 N–H and O–H groups in total. The van der Waals surface area contributed by atoms with Crippen LogP contribution in [0.4, 0.5) is 0 Å². The molecule has 0 fully saturated rings. The lowest BCUT2D eigenvalue weighted by Crippen LogP contribution is -2.13. The standard InChI is InChI=1S/C11H8Cl2N2O2/c12-5-8-14-10(16)9(11(17)15-8)6-1-3-7(13)4-2-6/h1-4H,5H2,(H2,14,15,16,17). The summed E-state index contributed by atoms with van der Waals surface area (Å²) in [6.07, 6.45) is 0. The van der Waals surface area contributed by atoms with Gasteiger partial charge in [0.05, 0.1) is 5.88 Å². The van der Waals surface area contributed by atoms with Gasteiger partial charge in [-0.05, 0) is 17.7 Å². The van der Waals surface area contributed by atoms with Gasteiger partial charge in [0, 0.05) is 5.02 Å². The van der Waals surface area contributed by atoms with Crippen molar-refractivity contribution in [3.8, 4) is 17.0 Å². The number of aromatic hydroxyl groups is 1. The Labute approximate surface area is 107 Å². The van der Waals surface area contributed by atoms with Crippen molar-refractivity contribution in [2.24, 2.45) is 0 Å². The Morgan fingerprint density at radius 2 is 1.94 bits per heavy atom. The SMILES string of the molecule is O=c1[nH]c(CCl)nc(O)c1-c1ccc(Cl)cc1. The van der Waals surface area contributed by atoms with Gasteiger partial charge in [-0.2, -0.15) is 4.98 Å². The Morgan fingerprint density at radius 1 is 1.29 bits per heavy atom. The Morgan fingerprint density at radius 3 is 2.47 bits per heavy atom. The van der Waals surface area contributed by atoms with Crippen LogP contribution >= 0.6 is 23.2 Å². The summed E-state index contributed by atoms with van der Waals surface area (Å²) in [6.45, 7) is 0. The van der Waals surface area contributed by atoms with Gasteiger partial charge < -0.3 is 10.1 Å². The van der Waals surface area contributed by atoms with Gasteiger partial charge in [-0.1, -0.05) is 23.7 Å². The molecule has 0 aliphatic heterocycles. The van der Waals surface area contributed by atoms with Crippen LogP contribution in [0.15, 0.2) is 29.1 Å². The molecule has 2 rings (SSSR count). The molecule has 2 aromatic rings. The van der Waals surface area contributed by atoms with E-state index in [0.717, 1.165) is 0 Å². The van der Waals surface area contributed by atoms with Crippen LogP contribution < -0.4 is 5.56 Å². The van der Waals surface area contributed by atoms with Gasteiger partial charge >= 0.3 is 0 Å². The lowest BCUT2D eigenvalue weighted by atomic mass is 10.1. The minimum Gasteiger partial charge on any atom is -0.493 e. The molecule has 0 amide bonds. The summed E-state index contributed by atoms with van der Waals surface area (Å²) < 4.78 is 0. The Hall–Kier alpha value is -1.52. The Bertz CT molecular complexity index is 593. The number of hydrogen-bond acceptors (Lipinski definition) is 3. The second-order valence-electron chi connectivity index (χ2n) is 3.35. The van der Waals surface area contributed by atoms with Crippen LogP contribution in [0.25, 0.3) is 11.1 Å². The molecule has 6 heteroatoms. The van der Waals surface area contributed by atoms with Gasteiger partial charge in [-0.15, -0.1) is 11.6 Å². The highest BCUT2D eigenvalue weighted by Gasteiger charge is 2.12. The summed E-state index contributed by atoms with van der Waals surface area (Å²) in [5, 5.41) is 10.3. The minimum absolute atomic E-state index is 0.0314. The van der Waals surface area contributed by atoms with E-state index in [4.69, 9.17) is 23.2 Å². The van der Waals surface area contributed by atoms with Crippen molar-refractivity contribution in [1.29, 1.82) is 0 Å². The number of alkyl halides is 1. The van der Waals surface area contributed by atoms with E-state index >= 15 is 0 Å². The third-order valence-electron chi connectivity index (χ3n) is 2.21. The molecular weight excluding hydrogens is 263 g/mol. The first-order chi connectivity index (χ1) is 8.11. The molecule has 0 unspecified atom stereocenters. The van der Waals surface area contributed by atoms with Crippen LogP contribution in [0.5, 0.6) is 5.88 Å². The number of aromatic amines is 1. The molecule has 0 bridgehead atoms. The topological polar surface area (TPSA) is 66.0 Å². The maximum atomic E-state index is 11.8. The zero-order valence-corrected chi connectivity index (χ0v) is 10.1. The second-order valence-corrected chi connectivity index (χ2v) is 4.06. The number of H-pyrrole nitrogens is 1. The van der Waals surface area contributed by atoms with Crippen LogP contribution in [-0.4, -0.2) is 15.1 Å². The van der Waals surface area contributed by atoms with E-state index in [9.17, 15) is 9.90 Å². The predicted octanol–water partition coefficient (Wildman–Crippen LogP) is 2.53. The van der Waals surface area contributed by atoms with Crippen molar-refractivity contribution in [2.45, 2.75) is 5.88 Å². The summed E-state index contributed by atoms with van der Waals surface area (Å²) in [6, 6.07) is 6.53.